The Hall–Kier alpha value is -4.86. The number of carbonyl (C=O) groups is 4. The summed E-state index contributed by atoms with van der Waals surface area (Å²) in [6.07, 6.45) is -0.999. The fraction of sp³-hybridized carbons (Fsp3) is 0.353. The van der Waals surface area contributed by atoms with Gasteiger partial charge in [-0.15, -0.1) is 0 Å². The number of rotatable bonds is 8. The van der Waals surface area contributed by atoms with E-state index in [0.29, 0.717) is 46.7 Å². The van der Waals surface area contributed by atoms with Crippen LogP contribution in [0.15, 0.2) is 60.7 Å². The molecule has 0 radical (unpaired) electrons. The maximum absolute atomic E-state index is 13.1. The fourth-order valence-corrected chi connectivity index (χ4v) is 4.09. The number of amides is 4. The van der Waals surface area contributed by atoms with Gasteiger partial charge in [-0.05, 0) is 114 Å². The minimum absolute atomic E-state index is 0.292. The molecule has 0 unspecified atom stereocenters. The van der Waals surface area contributed by atoms with Crippen LogP contribution < -0.4 is 21.3 Å². The van der Waals surface area contributed by atoms with Crippen LogP contribution in [0.1, 0.15) is 84.5 Å². The summed E-state index contributed by atoms with van der Waals surface area (Å²) in [7, 11) is 0. The minimum atomic E-state index is -0.576. The molecular weight excluding hydrogens is 560 g/mol. The Balaban J connectivity index is 1.57. The first-order chi connectivity index (χ1) is 20.5. The van der Waals surface area contributed by atoms with Gasteiger partial charge in [-0.25, -0.2) is 9.59 Å². The summed E-state index contributed by atoms with van der Waals surface area (Å²) in [4.78, 5) is 49.9. The molecule has 0 heterocycles. The third kappa shape index (κ3) is 10.8. The van der Waals surface area contributed by atoms with E-state index in [4.69, 9.17) is 9.47 Å². The normalized spacial score (nSPS) is 11.3. The number of hydrogen-bond acceptors (Lipinski definition) is 6. The Morgan fingerprint density at radius 3 is 1.18 bits per heavy atom. The van der Waals surface area contributed by atoms with Gasteiger partial charge < -0.3 is 30.7 Å². The molecule has 0 bridgehead atoms. The van der Waals surface area contributed by atoms with E-state index in [1.54, 1.807) is 91.8 Å². The molecule has 0 saturated carbocycles. The lowest BCUT2D eigenvalue weighted by Crippen LogP contribution is -2.32. The minimum Gasteiger partial charge on any atom is -0.444 e. The SMILES string of the molecule is Cc1cc(C(=O)Nc2ccc(CNC(=O)OC(C)(C)C)cc2)c(C)cc1C(=O)Nc1ccc(CNC(=O)OC(C)(C)C)cc1. The van der Waals surface area contributed by atoms with Crippen LogP contribution in [-0.4, -0.2) is 35.2 Å². The monoisotopic (exact) mass is 602 g/mol. The van der Waals surface area contributed by atoms with Crippen molar-refractivity contribution in [3.05, 3.63) is 94.0 Å². The van der Waals surface area contributed by atoms with Crippen molar-refractivity contribution in [2.45, 2.75) is 79.7 Å². The molecule has 4 N–H and O–H groups in total. The van der Waals surface area contributed by atoms with Gasteiger partial charge in [0.05, 0.1) is 0 Å². The van der Waals surface area contributed by atoms with E-state index >= 15 is 0 Å². The summed E-state index contributed by atoms with van der Waals surface area (Å²) in [5.41, 5.74) is 3.96. The highest BCUT2D eigenvalue weighted by molar-refractivity contribution is 6.09. The summed E-state index contributed by atoms with van der Waals surface area (Å²) in [6.45, 7) is 14.9. The Labute approximate surface area is 258 Å². The van der Waals surface area contributed by atoms with Crippen molar-refractivity contribution in [3.8, 4) is 0 Å². The zero-order chi connectivity index (χ0) is 32.7. The van der Waals surface area contributed by atoms with E-state index in [9.17, 15) is 19.2 Å². The molecule has 0 spiro atoms. The van der Waals surface area contributed by atoms with Gasteiger partial charge in [0, 0.05) is 35.6 Å². The first-order valence-electron chi connectivity index (χ1n) is 14.3. The molecular formula is C34H42N4O6. The molecule has 0 saturated heterocycles. The smallest absolute Gasteiger partial charge is 0.407 e. The van der Waals surface area contributed by atoms with Crippen molar-refractivity contribution >= 4 is 35.4 Å². The van der Waals surface area contributed by atoms with E-state index in [2.05, 4.69) is 21.3 Å². The first-order valence-corrected chi connectivity index (χ1v) is 14.3. The highest BCUT2D eigenvalue weighted by Crippen LogP contribution is 2.21. The maximum Gasteiger partial charge on any atom is 0.407 e. The van der Waals surface area contributed by atoms with Crippen LogP contribution >= 0.6 is 0 Å². The number of carbonyl (C=O) groups excluding carboxylic acids is 4. The number of hydrogen-bond donors (Lipinski definition) is 4. The Bertz CT molecular complexity index is 1390. The lowest BCUT2D eigenvalue weighted by Gasteiger charge is -2.19. The largest absolute Gasteiger partial charge is 0.444 e. The molecule has 0 atom stereocenters. The summed E-state index contributed by atoms with van der Waals surface area (Å²) < 4.78 is 10.5. The lowest BCUT2D eigenvalue weighted by molar-refractivity contribution is 0.0512. The molecule has 3 aromatic rings. The van der Waals surface area contributed by atoms with Crippen molar-refractivity contribution in [1.82, 2.24) is 10.6 Å². The highest BCUT2D eigenvalue weighted by Gasteiger charge is 2.18. The van der Waals surface area contributed by atoms with Crippen LogP contribution in [0.25, 0.3) is 0 Å². The highest BCUT2D eigenvalue weighted by atomic mass is 16.6. The van der Waals surface area contributed by atoms with Gasteiger partial charge in [-0.1, -0.05) is 24.3 Å². The number of ether oxygens (including phenoxy) is 2. The molecule has 0 aliphatic rings. The summed E-state index contributed by atoms with van der Waals surface area (Å²) in [5.74, 6) is -0.597. The van der Waals surface area contributed by atoms with Crippen LogP contribution in [-0.2, 0) is 22.6 Å². The van der Waals surface area contributed by atoms with E-state index < -0.39 is 23.4 Å². The van der Waals surface area contributed by atoms with Gasteiger partial charge in [0.15, 0.2) is 0 Å². The molecule has 44 heavy (non-hydrogen) atoms. The van der Waals surface area contributed by atoms with E-state index in [-0.39, 0.29) is 11.8 Å². The average molecular weight is 603 g/mol. The number of anilines is 2. The van der Waals surface area contributed by atoms with Crippen LogP contribution in [0, 0.1) is 13.8 Å². The third-order valence-electron chi connectivity index (χ3n) is 6.16. The fourth-order valence-electron chi connectivity index (χ4n) is 4.09. The quantitative estimate of drug-likeness (QED) is 0.223. The number of nitrogens with one attached hydrogen (secondary N) is 4. The molecule has 0 fully saturated rings. The Morgan fingerprint density at radius 1 is 0.568 bits per heavy atom. The van der Waals surface area contributed by atoms with Crippen LogP contribution in [0.3, 0.4) is 0 Å². The average Bonchev–Trinajstić information content (AvgIpc) is 2.91. The van der Waals surface area contributed by atoms with E-state index in [1.807, 2.05) is 24.3 Å². The number of benzene rings is 3. The number of alkyl carbamates (subject to hydrolysis) is 2. The van der Waals surface area contributed by atoms with Crippen molar-refractivity contribution in [2.75, 3.05) is 10.6 Å². The van der Waals surface area contributed by atoms with Crippen LogP contribution in [0.2, 0.25) is 0 Å². The van der Waals surface area contributed by atoms with Gasteiger partial charge in [0.2, 0.25) is 0 Å². The van der Waals surface area contributed by atoms with Crippen molar-refractivity contribution < 1.29 is 28.7 Å². The van der Waals surface area contributed by atoms with Gasteiger partial charge in [0.1, 0.15) is 11.2 Å². The Kier molecular flexibility index (Phi) is 10.8. The van der Waals surface area contributed by atoms with Gasteiger partial charge in [-0.2, -0.15) is 0 Å². The van der Waals surface area contributed by atoms with Crippen molar-refractivity contribution in [3.63, 3.8) is 0 Å². The van der Waals surface area contributed by atoms with Gasteiger partial charge >= 0.3 is 12.2 Å². The predicted molar refractivity (Wildman–Crippen MR) is 171 cm³/mol. The molecule has 3 rings (SSSR count). The summed E-state index contributed by atoms with van der Waals surface area (Å²) in [6, 6.07) is 17.7. The molecule has 4 amide bonds. The first kappa shape index (κ1) is 33.6. The summed E-state index contributed by atoms with van der Waals surface area (Å²) >= 11 is 0. The van der Waals surface area contributed by atoms with E-state index in [1.165, 1.54) is 0 Å². The molecule has 234 valence electrons. The second kappa shape index (κ2) is 14.1. The van der Waals surface area contributed by atoms with Gasteiger partial charge in [-0.3, -0.25) is 9.59 Å². The third-order valence-corrected chi connectivity index (χ3v) is 6.16. The molecule has 10 heteroatoms. The van der Waals surface area contributed by atoms with Crippen LogP contribution in [0.4, 0.5) is 21.0 Å². The topological polar surface area (TPSA) is 135 Å². The molecule has 0 aliphatic carbocycles. The van der Waals surface area contributed by atoms with Crippen LogP contribution in [0.5, 0.6) is 0 Å². The van der Waals surface area contributed by atoms with Crippen molar-refractivity contribution in [1.29, 1.82) is 0 Å². The second-order valence-corrected chi connectivity index (χ2v) is 12.5. The predicted octanol–water partition coefficient (Wildman–Crippen LogP) is 6.86. The van der Waals surface area contributed by atoms with Crippen molar-refractivity contribution in [2.24, 2.45) is 0 Å². The standard InChI is InChI=1S/C34H42N4O6/c1-21-17-28(30(40)38-26-15-11-24(12-16-26)20-36-32(42)44-34(6,7)8)22(2)18-27(21)29(39)37-25-13-9-23(10-14-25)19-35-31(41)43-33(3,4)5/h9-18H,19-20H2,1-8H3,(H,35,41)(H,36,42)(H,37,39)(H,38,40). The maximum atomic E-state index is 13.1. The summed E-state index contributed by atoms with van der Waals surface area (Å²) in [5, 5.41) is 11.2. The number of aryl methyl sites for hydroxylation is 2. The van der Waals surface area contributed by atoms with E-state index in [0.717, 1.165) is 11.1 Å². The van der Waals surface area contributed by atoms with Gasteiger partial charge in [0.25, 0.3) is 11.8 Å². The molecule has 3 aromatic carbocycles. The second-order valence-electron chi connectivity index (χ2n) is 12.5. The molecule has 0 aromatic heterocycles. The lowest BCUT2D eigenvalue weighted by atomic mass is 9.98. The molecule has 0 aliphatic heterocycles. The zero-order valence-electron chi connectivity index (χ0n) is 26.6. The zero-order valence-corrected chi connectivity index (χ0v) is 26.6. The Morgan fingerprint density at radius 2 is 0.886 bits per heavy atom. The molecule has 10 nitrogen and oxygen atoms in total.